The molecule has 0 aliphatic rings. The number of nitrogens with one attached hydrogen (secondary N) is 1. The molecule has 2 aromatic heterocycles. The Morgan fingerprint density at radius 2 is 1.95 bits per heavy atom. The molecule has 2 rings (SSSR count). The van der Waals surface area contributed by atoms with Crippen LogP contribution >= 0.6 is 11.3 Å². The molecule has 0 radical (unpaired) electrons. The first-order valence-corrected chi connectivity index (χ1v) is 7.40. The van der Waals surface area contributed by atoms with Crippen molar-refractivity contribution in [2.75, 3.05) is 11.9 Å². The summed E-state index contributed by atoms with van der Waals surface area (Å²) in [5.41, 5.74) is 1.32. The highest BCUT2D eigenvalue weighted by molar-refractivity contribution is 7.15. The van der Waals surface area contributed by atoms with E-state index in [1.165, 1.54) is 12.5 Å². The van der Waals surface area contributed by atoms with Crippen molar-refractivity contribution in [3.63, 3.8) is 0 Å². The Morgan fingerprint density at radius 1 is 1.19 bits per heavy atom. The summed E-state index contributed by atoms with van der Waals surface area (Å²) in [6.45, 7) is 4.70. The molecule has 0 fully saturated rings. The molecule has 1 N–H and O–H groups in total. The average molecular weight is 316 g/mol. The molecular weight excluding hydrogens is 301 g/mol. The number of nitrogens with zero attached hydrogens (tertiary/aromatic N) is 3. The molecule has 0 aliphatic heterocycles. The van der Waals surface area contributed by atoms with Crippen LogP contribution in [0.3, 0.4) is 0 Å². The molecule has 114 valence electrons. The van der Waals surface area contributed by atoms with Crippen molar-refractivity contribution in [3.05, 3.63) is 23.1 Å². The standard InChI is InChI=1S/C13H15F3N4S/c1-3-5-17-11-8(4-2)10(19-7-20-11)9-6-18-12(21-9)13(14,15)16/h6-7H,3-5H2,1-2H3,(H,17,19,20). The van der Waals surface area contributed by atoms with Crippen molar-refractivity contribution in [2.45, 2.75) is 32.9 Å². The Bertz CT molecular complexity index is 610. The van der Waals surface area contributed by atoms with Gasteiger partial charge in [0.05, 0.1) is 10.6 Å². The van der Waals surface area contributed by atoms with Gasteiger partial charge in [0.25, 0.3) is 0 Å². The van der Waals surface area contributed by atoms with E-state index in [0.29, 0.717) is 34.1 Å². The van der Waals surface area contributed by atoms with Crippen molar-refractivity contribution in [3.8, 4) is 10.6 Å². The Hall–Kier alpha value is -1.70. The number of aromatic nitrogens is 3. The highest BCUT2D eigenvalue weighted by Gasteiger charge is 2.35. The molecule has 0 aliphatic carbocycles. The molecule has 0 spiro atoms. The summed E-state index contributed by atoms with van der Waals surface area (Å²) >= 11 is 0.601. The third-order valence-corrected chi connectivity index (χ3v) is 3.87. The minimum atomic E-state index is -4.42. The molecule has 0 bridgehead atoms. The van der Waals surface area contributed by atoms with Gasteiger partial charge in [-0.3, -0.25) is 0 Å². The third-order valence-electron chi connectivity index (χ3n) is 2.82. The normalized spacial score (nSPS) is 11.7. The minimum Gasteiger partial charge on any atom is -0.370 e. The maximum atomic E-state index is 12.6. The van der Waals surface area contributed by atoms with Crippen LogP contribution in [0.2, 0.25) is 0 Å². The van der Waals surface area contributed by atoms with E-state index < -0.39 is 11.2 Å². The summed E-state index contributed by atoms with van der Waals surface area (Å²) < 4.78 is 37.9. The van der Waals surface area contributed by atoms with Crippen molar-refractivity contribution < 1.29 is 13.2 Å². The van der Waals surface area contributed by atoms with Crippen LogP contribution in [0.25, 0.3) is 10.6 Å². The number of anilines is 1. The van der Waals surface area contributed by atoms with Gasteiger partial charge in [-0.2, -0.15) is 13.2 Å². The molecule has 8 heteroatoms. The summed E-state index contributed by atoms with van der Waals surface area (Å²) in [5.74, 6) is 0.673. The van der Waals surface area contributed by atoms with E-state index in [2.05, 4.69) is 20.3 Å². The number of rotatable bonds is 5. The Labute approximate surface area is 124 Å². The van der Waals surface area contributed by atoms with Crippen molar-refractivity contribution in [2.24, 2.45) is 0 Å². The molecule has 0 amide bonds. The minimum absolute atomic E-state index is 0.404. The van der Waals surface area contributed by atoms with Crippen LogP contribution in [0.1, 0.15) is 30.8 Å². The molecule has 2 aromatic rings. The third kappa shape index (κ3) is 3.49. The van der Waals surface area contributed by atoms with Crippen molar-refractivity contribution >= 4 is 17.2 Å². The maximum absolute atomic E-state index is 12.6. The van der Waals surface area contributed by atoms with E-state index in [-0.39, 0.29) is 0 Å². The van der Waals surface area contributed by atoms with Crippen LogP contribution in [-0.2, 0) is 12.6 Å². The van der Waals surface area contributed by atoms with Crippen LogP contribution in [0.15, 0.2) is 12.5 Å². The molecule has 0 aromatic carbocycles. The van der Waals surface area contributed by atoms with E-state index in [0.717, 1.165) is 18.5 Å². The van der Waals surface area contributed by atoms with Gasteiger partial charge in [0.15, 0.2) is 5.01 Å². The number of hydrogen-bond donors (Lipinski definition) is 1. The fourth-order valence-electron chi connectivity index (χ4n) is 1.87. The van der Waals surface area contributed by atoms with Gasteiger partial charge in [0, 0.05) is 18.3 Å². The van der Waals surface area contributed by atoms with Gasteiger partial charge in [0.1, 0.15) is 12.1 Å². The molecule has 0 unspecified atom stereocenters. The summed E-state index contributed by atoms with van der Waals surface area (Å²) in [6, 6.07) is 0. The van der Waals surface area contributed by atoms with Gasteiger partial charge in [0.2, 0.25) is 0 Å². The Balaban J connectivity index is 2.41. The average Bonchev–Trinajstić information content (AvgIpc) is 2.94. The lowest BCUT2D eigenvalue weighted by Gasteiger charge is -2.11. The number of hydrogen-bond acceptors (Lipinski definition) is 5. The Kier molecular flexibility index (Phi) is 4.76. The van der Waals surface area contributed by atoms with E-state index in [1.807, 2.05) is 13.8 Å². The fourth-order valence-corrected chi connectivity index (χ4v) is 2.68. The van der Waals surface area contributed by atoms with Gasteiger partial charge in [-0.1, -0.05) is 13.8 Å². The molecular formula is C13H15F3N4S. The van der Waals surface area contributed by atoms with Gasteiger partial charge in [-0.25, -0.2) is 15.0 Å². The Morgan fingerprint density at radius 3 is 2.52 bits per heavy atom. The van der Waals surface area contributed by atoms with Crippen molar-refractivity contribution in [1.82, 2.24) is 15.0 Å². The number of alkyl halides is 3. The van der Waals surface area contributed by atoms with Crippen LogP contribution in [0, 0.1) is 0 Å². The van der Waals surface area contributed by atoms with E-state index >= 15 is 0 Å². The second-order valence-electron chi connectivity index (χ2n) is 4.36. The highest BCUT2D eigenvalue weighted by Crippen LogP contribution is 2.37. The lowest BCUT2D eigenvalue weighted by atomic mass is 10.1. The molecule has 0 atom stereocenters. The summed E-state index contributed by atoms with van der Waals surface area (Å²) in [5, 5.41) is 2.31. The first-order valence-electron chi connectivity index (χ1n) is 6.58. The van der Waals surface area contributed by atoms with Crippen molar-refractivity contribution in [1.29, 1.82) is 0 Å². The monoisotopic (exact) mass is 316 g/mol. The number of thiazole rings is 1. The predicted molar refractivity (Wildman–Crippen MR) is 76.3 cm³/mol. The van der Waals surface area contributed by atoms with Gasteiger partial charge in [-0.05, 0) is 12.8 Å². The van der Waals surface area contributed by atoms with Crippen LogP contribution in [-0.4, -0.2) is 21.5 Å². The second kappa shape index (κ2) is 6.38. The second-order valence-corrected chi connectivity index (χ2v) is 5.39. The fraction of sp³-hybridized carbons (Fsp3) is 0.462. The lowest BCUT2D eigenvalue weighted by Crippen LogP contribution is -2.07. The van der Waals surface area contributed by atoms with Crippen LogP contribution in [0.4, 0.5) is 19.0 Å². The SMILES string of the molecule is CCCNc1ncnc(-c2cnc(C(F)(F)F)s2)c1CC. The van der Waals surface area contributed by atoms with Gasteiger partial charge < -0.3 is 5.32 Å². The molecule has 0 saturated heterocycles. The largest absolute Gasteiger partial charge is 0.443 e. The zero-order chi connectivity index (χ0) is 15.5. The topological polar surface area (TPSA) is 50.7 Å². The lowest BCUT2D eigenvalue weighted by molar-refractivity contribution is -0.137. The molecule has 2 heterocycles. The van der Waals surface area contributed by atoms with Crippen LogP contribution in [0.5, 0.6) is 0 Å². The van der Waals surface area contributed by atoms with E-state index in [1.54, 1.807) is 0 Å². The summed E-state index contributed by atoms with van der Waals surface area (Å²) in [6.07, 6.45) is -0.285. The summed E-state index contributed by atoms with van der Waals surface area (Å²) in [4.78, 5) is 12.2. The molecule has 21 heavy (non-hydrogen) atoms. The highest BCUT2D eigenvalue weighted by atomic mass is 32.1. The van der Waals surface area contributed by atoms with Gasteiger partial charge in [-0.15, -0.1) is 11.3 Å². The molecule has 0 saturated carbocycles. The quantitative estimate of drug-likeness (QED) is 0.906. The zero-order valence-corrected chi connectivity index (χ0v) is 12.5. The number of halogens is 3. The predicted octanol–water partition coefficient (Wildman–Crippen LogP) is 4.00. The smallest absolute Gasteiger partial charge is 0.370 e. The molecule has 4 nitrogen and oxygen atoms in total. The maximum Gasteiger partial charge on any atom is 0.443 e. The summed E-state index contributed by atoms with van der Waals surface area (Å²) in [7, 11) is 0. The van der Waals surface area contributed by atoms with E-state index in [4.69, 9.17) is 0 Å². The van der Waals surface area contributed by atoms with Gasteiger partial charge >= 0.3 is 6.18 Å². The van der Waals surface area contributed by atoms with Crippen LogP contribution < -0.4 is 5.32 Å². The zero-order valence-electron chi connectivity index (χ0n) is 11.7. The first-order chi connectivity index (χ1) is 9.97. The first kappa shape index (κ1) is 15.7. The van der Waals surface area contributed by atoms with E-state index in [9.17, 15) is 13.2 Å².